The normalized spacial score (nSPS) is 39.3. The Morgan fingerprint density at radius 2 is 1.63 bits per heavy atom. The van der Waals surface area contributed by atoms with Gasteiger partial charge in [-0.15, -0.1) is 0 Å². The Kier molecular flexibility index (Phi) is 4.16. The number of carbonyl (C=O) groups is 2. The van der Waals surface area contributed by atoms with Gasteiger partial charge in [-0.1, -0.05) is 13.8 Å². The Morgan fingerprint density at radius 1 is 1.00 bits per heavy atom. The number of amides is 1. The molecule has 0 aromatic heterocycles. The van der Waals surface area contributed by atoms with Crippen molar-refractivity contribution in [2.75, 3.05) is 6.54 Å². The maximum Gasteiger partial charge on any atom is 0.307 e. The number of hydrogen-bond acceptors (Lipinski definition) is 2. The zero-order valence-corrected chi connectivity index (χ0v) is 12.1. The molecule has 0 bridgehead atoms. The second-order valence-electron chi connectivity index (χ2n) is 6.65. The molecule has 1 aliphatic carbocycles. The predicted octanol–water partition coefficient (Wildman–Crippen LogP) is 2.38. The first-order chi connectivity index (χ1) is 8.90. The summed E-state index contributed by atoms with van der Waals surface area (Å²) in [4.78, 5) is 25.9. The molecule has 0 aromatic rings. The first-order valence-electron chi connectivity index (χ1n) is 7.43. The quantitative estimate of drug-likeness (QED) is 0.835. The Bertz CT molecular complexity index is 368. The van der Waals surface area contributed by atoms with Gasteiger partial charge < -0.3 is 10.0 Å². The van der Waals surface area contributed by atoms with Gasteiger partial charge in [-0.05, 0) is 44.4 Å². The highest BCUT2D eigenvalue weighted by molar-refractivity contribution is 5.85. The van der Waals surface area contributed by atoms with Gasteiger partial charge in [-0.3, -0.25) is 9.59 Å². The molecule has 19 heavy (non-hydrogen) atoms. The van der Waals surface area contributed by atoms with Crippen LogP contribution in [-0.2, 0) is 9.59 Å². The van der Waals surface area contributed by atoms with Gasteiger partial charge in [-0.2, -0.15) is 0 Å². The van der Waals surface area contributed by atoms with Gasteiger partial charge in [0.25, 0.3) is 0 Å². The third kappa shape index (κ3) is 2.93. The summed E-state index contributed by atoms with van der Waals surface area (Å²) in [7, 11) is 0. The first-order valence-corrected chi connectivity index (χ1v) is 7.43. The van der Waals surface area contributed by atoms with Gasteiger partial charge in [0.2, 0.25) is 5.91 Å². The van der Waals surface area contributed by atoms with E-state index in [1.54, 1.807) is 0 Å². The van der Waals surface area contributed by atoms with Crippen molar-refractivity contribution in [2.24, 2.45) is 23.7 Å². The summed E-state index contributed by atoms with van der Waals surface area (Å²) in [5.41, 5.74) is 0. The maximum absolute atomic E-state index is 12.7. The molecule has 4 nitrogen and oxygen atoms in total. The van der Waals surface area contributed by atoms with Gasteiger partial charge in [0.05, 0.1) is 11.8 Å². The molecule has 5 atom stereocenters. The third-order valence-electron chi connectivity index (χ3n) is 4.83. The van der Waals surface area contributed by atoms with Crippen molar-refractivity contribution in [3.8, 4) is 0 Å². The van der Waals surface area contributed by atoms with Gasteiger partial charge in [-0.25, -0.2) is 0 Å². The summed E-state index contributed by atoms with van der Waals surface area (Å²) >= 11 is 0. The number of nitrogens with zero attached hydrogens (tertiary/aromatic N) is 1. The lowest BCUT2D eigenvalue weighted by molar-refractivity contribution is -0.151. The average molecular weight is 267 g/mol. The van der Waals surface area contributed by atoms with Crippen LogP contribution in [0.5, 0.6) is 0 Å². The number of likely N-dealkylation sites (tertiary alicyclic amines) is 1. The summed E-state index contributed by atoms with van der Waals surface area (Å²) < 4.78 is 0. The van der Waals surface area contributed by atoms with Crippen LogP contribution < -0.4 is 0 Å². The van der Waals surface area contributed by atoms with Crippen molar-refractivity contribution in [3.05, 3.63) is 0 Å². The molecule has 0 aromatic carbocycles. The van der Waals surface area contributed by atoms with E-state index >= 15 is 0 Å². The molecule has 2 aliphatic rings. The number of carbonyl (C=O) groups excluding carboxylic acids is 1. The minimum atomic E-state index is -0.805. The molecule has 0 radical (unpaired) electrons. The van der Waals surface area contributed by atoms with E-state index in [-0.39, 0.29) is 17.9 Å². The SMILES string of the molecule is CC1C[C@H](C(=O)N2CC(C)CCC2C)[C@H](C(=O)O)C1. The molecule has 1 N–H and O–H groups in total. The van der Waals surface area contributed by atoms with E-state index in [1.807, 2.05) is 11.8 Å². The molecular weight excluding hydrogens is 242 g/mol. The number of carboxylic acids is 1. The van der Waals surface area contributed by atoms with Crippen molar-refractivity contribution in [1.29, 1.82) is 0 Å². The van der Waals surface area contributed by atoms with Crippen LogP contribution in [0, 0.1) is 23.7 Å². The standard InChI is InChI=1S/C15H25NO3/c1-9-4-5-11(3)16(8-9)14(17)12-6-10(2)7-13(12)15(18)19/h9-13H,4-8H2,1-3H3,(H,18,19)/t9?,10?,11?,12-,13+/m0/s1. The van der Waals surface area contributed by atoms with Crippen molar-refractivity contribution in [3.63, 3.8) is 0 Å². The third-order valence-corrected chi connectivity index (χ3v) is 4.83. The summed E-state index contributed by atoms with van der Waals surface area (Å²) in [5, 5.41) is 9.30. The monoisotopic (exact) mass is 267 g/mol. The summed E-state index contributed by atoms with van der Waals surface area (Å²) in [5.74, 6) is -0.641. The Balaban J connectivity index is 2.11. The van der Waals surface area contributed by atoms with Crippen LogP contribution in [0.2, 0.25) is 0 Å². The molecule has 1 aliphatic heterocycles. The second kappa shape index (κ2) is 5.51. The highest BCUT2D eigenvalue weighted by atomic mass is 16.4. The van der Waals surface area contributed by atoms with E-state index in [0.29, 0.717) is 18.3 Å². The van der Waals surface area contributed by atoms with Crippen LogP contribution in [0.3, 0.4) is 0 Å². The van der Waals surface area contributed by atoms with Crippen LogP contribution in [0.25, 0.3) is 0 Å². The number of piperidine rings is 1. The van der Waals surface area contributed by atoms with E-state index in [9.17, 15) is 14.7 Å². The number of hydrogen-bond donors (Lipinski definition) is 1. The molecule has 0 spiro atoms. The van der Waals surface area contributed by atoms with Gasteiger partial charge in [0, 0.05) is 12.6 Å². The van der Waals surface area contributed by atoms with E-state index in [2.05, 4.69) is 13.8 Å². The molecular formula is C15H25NO3. The Labute approximate surface area is 115 Å². The second-order valence-corrected chi connectivity index (χ2v) is 6.65. The summed E-state index contributed by atoms with van der Waals surface area (Å²) in [6.45, 7) is 7.08. The molecule has 1 heterocycles. The fourth-order valence-corrected chi connectivity index (χ4v) is 3.65. The van der Waals surface area contributed by atoms with Crippen LogP contribution in [0.15, 0.2) is 0 Å². The number of rotatable bonds is 2. The molecule has 108 valence electrons. The highest BCUT2D eigenvalue weighted by Crippen LogP contribution is 2.38. The van der Waals surface area contributed by atoms with E-state index < -0.39 is 11.9 Å². The van der Waals surface area contributed by atoms with Crippen LogP contribution in [0.4, 0.5) is 0 Å². The minimum Gasteiger partial charge on any atom is -0.481 e. The van der Waals surface area contributed by atoms with E-state index in [1.165, 1.54) is 0 Å². The Hall–Kier alpha value is -1.06. The molecule has 3 unspecified atom stereocenters. The molecule has 2 fully saturated rings. The van der Waals surface area contributed by atoms with E-state index in [0.717, 1.165) is 25.8 Å². The van der Waals surface area contributed by atoms with Crippen molar-refractivity contribution < 1.29 is 14.7 Å². The van der Waals surface area contributed by atoms with Crippen molar-refractivity contribution in [1.82, 2.24) is 4.90 Å². The highest BCUT2D eigenvalue weighted by Gasteiger charge is 2.44. The fraction of sp³-hybridized carbons (Fsp3) is 0.867. The number of aliphatic carboxylic acids is 1. The lowest BCUT2D eigenvalue weighted by Gasteiger charge is -2.38. The van der Waals surface area contributed by atoms with Crippen LogP contribution >= 0.6 is 0 Å². The predicted molar refractivity (Wildman–Crippen MR) is 72.6 cm³/mol. The Morgan fingerprint density at radius 3 is 2.26 bits per heavy atom. The lowest BCUT2D eigenvalue weighted by atomic mass is 9.90. The number of carboxylic acid groups (broad SMARTS) is 1. The van der Waals surface area contributed by atoms with Gasteiger partial charge >= 0.3 is 5.97 Å². The maximum atomic E-state index is 12.7. The molecule has 1 saturated carbocycles. The minimum absolute atomic E-state index is 0.0794. The van der Waals surface area contributed by atoms with Crippen LogP contribution in [-0.4, -0.2) is 34.5 Å². The largest absolute Gasteiger partial charge is 0.481 e. The molecule has 2 rings (SSSR count). The van der Waals surface area contributed by atoms with Gasteiger partial charge in [0.15, 0.2) is 0 Å². The zero-order valence-electron chi connectivity index (χ0n) is 12.1. The van der Waals surface area contributed by atoms with Crippen LogP contribution in [0.1, 0.15) is 46.5 Å². The van der Waals surface area contributed by atoms with Crippen molar-refractivity contribution >= 4 is 11.9 Å². The fourth-order valence-electron chi connectivity index (χ4n) is 3.65. The topological polar surface area (TPSA) is 57.6 Å². The molecule has 1 saturated heterocycles. The van der Waals surface area contributed by atoms with E-state index in [4.69, 9.17) is 0 Å². The summed E-state index contributed by atoms with van der Waals surface area (Å²) in [6.07, 6.45) is 3.57. The summed E-state index contributed by atoms with van der Waals surface area (Å²) in [6, 6.07) is 0.258. The molecule has 1 amide bonds. The first kappa shape index (κ1) is 14.4. The zero-order chi connectivity index (χ0) is 14.2. The molecule has 4 heteroatoms. The van der Waals surface area contributed by atoms with Crippen molar-refractivity contribution in [2.45, 2.75) is 52.5 Å². The smallest absolute Gasteiger partial charge is 0.307 e. The lowest BCUT2D eigenvalue weighted by Crippen LogP contribution is -2.48. The van der Waals surface area contributed by atoms with Gasteiger partial charge in [0.1, 0.15) is 0 Å². The average Bonchev–Trinajstić information content (AvgIpc) is 2.74.